The van der Waals surface area contributed by atoms with Crippen LogP contribution in [0.5, 0.6) is 0 Å². The van der Waals surface area contributed by atoms with E-state index in [1.54, 1.807) is 11.3 Å². The fourth-order valence-electron chi connectivity index (χ4n) is 1.88. The lowest BCUT2D eigenvalue weighted by Gasteiger charge is -2.06. The van der Waals surface area contributed by atoms with E-state index in [0.717, 1.165) is 29.1 Å². The summed E-state index contributed by atoms with van der Waals surface area (Å²) in [6, 6.07) is 10.2. The third-order valence-corrected chi connectivity index (χ3v) is 4.12. The van der Waals surface area contributed by atoms with Gasteiger partial charge in [-0.25, -0.2) is 4.98 Å². The Morgan fingerprint density at radius 1 is 1.25 bits per heavy atom. The molecule has 0 saturated heterocycles. The topological polar surface area (TPSA) is 33.1 Å². The summed E-state index contributed by atoms with van der Waals surface area (Å²) < 4.78 is 0. The summed E-state index contributed by atoms with van der Waals surface area (Å²) in [5.74, 6) is 0. The second-order valence-electron chi connectivity index (χ2n) is 4.34. The maximum Gasteiger partial charge on any atom is 0.123 e. The SMILES string of the molecule is OCC1(c2csc(-c3ccccc3)n2)CC1. The summed E-state index contributed by atoms with van der Waals surface area (Å²) in [5, 5.41) is 12.5. The summed E-state index contributed by atoms with van der Waals surface area (Å²) >= 11 is 1.66. The summed E-state index contributed by atoms with van der Waals surface area (Å²) in [7, 11) is 0. The normalized spacial score (nSPS) is 17.3. The zero-order valence-corrected chi connectivity index (χ0v) is 9.70. The Labute approximate surface area is 98.6 Å². The van der Waals surface area contributed by atoms with Crippen molar-refractivity contribution in [3.05, 3.63) is 41.4 Å². The first kappa shape index (κ1) is 10.00. The predicted molar refractivity (Wildman–Crippen MR) is 65.5 cm³/mol. The Morgan fingerprint density at radius 3 is 2.62 bits per heavy atom. The molecule has 2 aromatic rings. The van der Waals surface area contributed by atoms with E-state index < -0.39 is 0 Å². The van der Waals surface area contributed by atoms with Gasteiger partial charge in [0.15, 0.2) is 0 Å². The molecule has 0 unspecified atom stereocenters. The lowest BCUT2D eigenvalue weighted by Crippen LogP contribution is -2.11. The van der Waals surface area contributed by atoms with Crippen LogP contribution in [0.4, 0.5) is 0 Å². The van der Waals surface area contributed by atoms with Gasteiger partial charge >= 0.3 is 0 Å². The number of aromatic nitrogens is 1. The van der Waals surface area contributed by atoms with Crippen LogP contribution in [-0.4, -0.2) is 16.7 Å². The second kappa shape index (κ2) is 3.68. The fraction of sp³-hybridized carbons (Fsp3) is 0.308. The first-order valence-electron chi connectivity index (χ1n) is 5.46. The molecule has 16 heavy (non-hydrogen) atoms. The van der Waals surface area contributed by atoms with Gasteiger partial charge in [0.1, 0.15) is 5.01 Å². The average molecular weight is 231 g/mol. The molecular formula is C13H13NOS. The van der Waals surface area contributed by atoms with Crippen molar-refractivity contribution in [2.45, 2.75) is 18.3 Å². The highest BCUT2D eigenvalue weighted by molar-refractivity contribution is 7.13. The molecule has 1 aromatic heterocycles. The van der Waals surface area contributed by atoms with Crippen molar-refractivity contribution in [2.24, 2.45) is 0 Å². The van der Waals surface area contributed by atoms with E-state index in [4.69, 9.17) is 0 Å². The van der Waals surface area contributed by atoms with Gasteiger partial charge in [0, 0.05) is 16.4 Å². The number of rotatable bonds is 3. The van der Waals surface area contributed by atoms with Crippen molar-refractivity contribution >= 4 is 11.3 Å². The molecule has 3 heteroatoms. The Balaban J connectivity index is 1.94. The molecule has 1 aromatic carbocycles. The van der Waals surface area contributed by atoms with Crippen molar-refractivity contribution in [1.82, 2.24) is 4.98 Å². The van der Waals surface area contributed by atoms with Gasteiger partial charge in [0.05, 0.1) is 12.3 Å². The predicted octanol–water partition coefficient (Wildman–Crippen LogP) is 2.83. The largest absolute Gasteiger partial charge is 0.395 e. The van der Waals surface area contributed by atoms with Crippen LogP contribution >= 0.6 is 11.3 Å². The second-order valence-corrected chi connectivity index (χ2v) is 5.20. The van der Waals surface area contributed by atoms with Gasteiger partial charge in [-0.2, -0.15) is 0 Å². The Hall–Kier alpha value is -1.19. The first-order chi connectivity index (χ1) is 7.84. The van der Waals surface area contributed by atoms with Crippen LogP contribution in [0.1, 0.15) is 18.5 Å². The maximum absolute atomic E-state index is 9.35. The number of thiazole rings is 1. The maximum atomic E-state index is 9.35. The summed E-state index contributed by atoms with van der Waals surface area (Å²) in [4.78, 5) is 4.64. The number of aliphatic hydroxyl groups is 1. The van der Waals surface area contributed by atoms with E-state index in [1.165, 1.54) is 0 Å². The molecule has 82 valence electrons. The Morgan fingerprint density at radius 2 is 2.00 bits per heavy atom. The van der Waals surface area contributed by atoms with Gasteiger partial charge < -0.3 is 5.11 Å². The van der Waals surface area contributed by atoms with Gasteiger partial charge in [-0.15, -0.1) is 11.3 Å². The lowest BCUT2D eigenvalue weighted by atomic mass is 10.1. The molecule has 0 atom stereocenters. The van der Waals surface area contributed by atoms with E-state index in [9.17, 15) is 5.11 Å². The van der Waals surface area contributed by atoms with E-state index in [-0.39, 0.29) is 12.0 Å². The standard InChI is InChI=1S/C13H13NOS/c15-9-13(6-7-13)11-8-16-12(14-11)10-4-2-1-3-5-10/h1-5,8,15H,6-7,9H2. The zero-order valence-electron chi connectivity index (χ0n) is 8.89. The summed E-state index contributed by atoms with van der Waals surface area (Å²) in [6.07, 6.45) is 2.14. The molecule has 0 bridgehead atoms. The van der Waals surface area contributed by atoms with Crippen LogP contribution in [-0.2, 0) is 5.41 Å². The van der Waals surface area contributed by atoms with Crippen LogP contribution in [0.2, 0.25) is 0 Å². The molecule has 1 aliphatic rings. The fourth-order valence-corrected chi connectivity index (χ4v) is 2.83. The molecule has 0 aliphatic heterocycles. The quantitative estimate of drug-likeness (QED) is 0.881. The average Bonchev–Trinajstić information content (AvgIpc) is 3.00. The highest BCUT2D eigenvalue weighted by atomic mass is 32.1. The van der Waals surface area contributed by atoms with Gasteiger partial charge in [-0.05, 0) is 12.8 Å². The van der Waals surface area contributed by atoms with Crippen LogP contribution in [0.3, 0.4) is 0 Å². The van der Waals surface area contributed by atoms with E-state index in [1.807, 2.05) is 18.2 Å². The minimum atomic E-state index is -0.0104. The third-order valence-electron chi connectivity index (χ3n) is 3.22. The van der Waals surface area contributed by atoms with Crippen LogP contribution in [0.25, 0.3) is 10.6 Å². The first-order valence-corrected chi connectivity index (χ1v) is 6.34. The molecule has 1 aliphatic carbocycles. The van der Waals surface area contributed by atoms with Crippen LogP contribution < -0.4 is 0 Å². The number of aliphatic hydroxyl groups excluding tert-OH is 1. The van der Waals surface area contributed by atoms with E-state index in [2.05, 4.69) is 22.5 Å². The molecule has 1 heterocycles. The van der Waals surface area contributed by atoms with Crippen molar-refractivity contribution in [2.75, 3.05) is 6.61 Å². The summed E-state index contributed by atoms with van der Waals surface area (Å²) in [5.41, 5.74) is 2.22. The monoisotopic (exact) mass is 231 g/mol. The van der Waals surface area contributed by atoms with Crippen molar-refractivity contribution in [3.63, 3.8) is 0 Å². The molecule has 0 spiro atoms. The number of hydrogen-bond acceptors (Lipinski definition) is 3. The zero-order chi connectivity index (χ0) is 11.0. The minimum absolute atomic E-state index is 0.0104. The molecular weight excluding hydrogens is 218 g/mol. The highest BCUT2D eigenvalue weighted by Crippen LogP contribution is 2.48. The smallest absolute Gasteiger partial charge is 0.123 e. The molecule has 3 rings (SSSR count). The molecule has 1 fully saturated rings. The number of hydrogen-bond donors (Lipinski definition) is 1. The minimum Gasteiger partial charge on any atom is -0.395 e. The van der Waals surface area contributed by atoms with Gasteiger partial charge in [-0.3, -0.25) is 0 Å². The van der Waals surface area contributed by atoms with Gasteiger partial charge in [0.2, 0.25) is 0 Å². The van der Waals surface area contributed by atoms with E-state index >= 15 is 0 Å². The number of nitrogens with zero attached hydrogens (tertiary/aromatic N) is 1. The van der Waals surface area contributed by atoms with E-state index in [0.29, 0.717) is 0 Å². The van der Waals surface area contributed by atoms with Crippen LogP contribution in [0.15, 0.2) is 35.7 Å². The number of benzene rings is 1. The molecule has 1 saturated carbocycles. The molecule has 2 nitrogen and oxygen atoms in total. The Kier molecular flexibility index (Phi) is 2.30. The van der Waals surface area contributed by atoms with Crippen molar-refractivity contribution < 1.29 is 5.11 Å². The van der Waals surface area contributed by atoms with Crippen LogP contribution in [0, 0.1) is 0 Å². The third kappa shape index (κ3) is 1.56. The van der Waals surface area contributed by atoms with Crippen molar-refractivity contribution in [1.29, 1.82) is 0 Å². The molecule has 1 N–H and O–H groups in total. The van der Waals surface area contributed by atoms with Gasteiger partial charge in [-0.1, -0.05) is 30.3 Å². The molecule has 0 radical (unpaired) electrons. The van der Waals surface area contributed by atoms with Crippen molar-refractivity contribution in [3.8, 4) is 10.6 Å². The molecule has 0 amide bonds. The van der Waals surface area contributed by atoms with Gasteiger partial charge in [0.25, 0.3) is 0 Å². The highest BCUT2D eigenvalue weighted by Gasteiger charge is 2.45. The Bertz CT molecular complexity index is 488. The summed E-state index contributed by atoms with van der Waals surface area (Å²) in [6.45, 7) is 0.227. The lowest BCUT2D eigenvalue weighted by molar-refractivity contribution is 0.253.